The third kappa shape index (κ3) is 2.23. The van der Waals surface area contributed by atoms with E-state index in [1.54, 1.807) is 6.07 Å². The van der Waals surface area contributed by atoms with Crippen LogP contribution in [0.25, 0.3) is 10.2 Å². The summed E-state index contributed by atoms with van der Waals surface area (Å²) in [6.45, 7) is 0.492. The molecule has 1 aliphatic rings. The number of aliphatic hydroxyl groups is 1. The first-order valence-electron chi connectivity index (χ1n) is 5.31. The summed E-state index contributed by atoms with van der Waals surface area (Å²) in [5.41, 5.74) is 0.583. The van der Waals surface area contributed by atoms with Gasteiger partial charge in [0, 0.05) is 12.1 Å². The molecule has 0 amide bonds. The number of halogens is 2. The predicted molar refractivity (Wildman–Crippen MR) is 68.5 cm³/mol. The van der Waals surface area contributed by atoms with Crippen molar-refractivity contribution in [3.63, 3.8) is 0 Å². The van der Waals surface area contributed by atoms with E-state index in [-0.39, 0.29) is 19.0 Å². The Kier molecular flexibility index (Phi) is 3.23. The van der Waals surface area contributed by atoms with Crippen LogP contribution in [-0.4, -0.2) is 35.5 Å². The van der Waals surface area contributed by atoms with Crippen LogP contribution in [0.15, 0.2) is 16.0 Å². The molecular formula is C11H9BrFNO3S. The van der Waals surface area contributed by atoms with E-state index in [0.717, 1.165) is 4.70 Å². The highest BCUT2D eigenvalue weighted by molar-refractivity contribution is 9.11. The maximum Gasteiger partial charge on any atom is 0.167 e. The van der Waals surface area contributed by atoms with E-state index in [4.69, 9.17) is 9.47 Å². The summed E-state index contributed by atoms with van der Waals surface area (Å²) in [5, 5.41) is 9.57. The summed E-state index contributed by atoms with van der Waals surface area (Å²) in [6, 6.07) is 2.92. The van der Waals surface area contributed by atoms with Crippen LogP contribution in [0.4, 0.5) is 4.39 Å². The van der Waals surface area contributed by atoms with Crippen molar-refractivity contribution < 1.29 is 19.0 Å². The Balaban J connectivity index is 1.93. The highest BCUT2D eigenvalue weighted by atomic mass is 79.9. The zero-order valence-electron chi connectivity index (χ0n) is 9.10. The molecule has 96 valence electrons. The van der Waals surface area contributed by atoms with Crippen LogP contribution in [0, 0.1) is 5.82 Å². The summed E-state index contributed by atoms with van der Waals surface area (Å²) in [7, 11) is 0. The third-order valence-corrected chi connectivity index (χ3v) is 4.16. The average molecular weight is 334 g/mol. The first-order valence-corrected chi connectivity index (χ1v) is 6.92. The molecule has 7 heteroatoms. The van der Waals surface area contributed by atoms with Gasteiger partial charge in [0.1, 0.15) is 6.10 Å². The van der Waals surface area contributed by atoms with E-state index >= 15 is 0 Å². The molecule has 0 bridgehead atoms. The second-order valence-corrected chi connectivity index (χ2v) is 6.28. The number of ether oxygens (including phenoxy) is 2. The van der Waals surface area contributed by atoms with Gasteiger partial charge < -0.3 is 14.6 Å². The van der Waals surface area contributed by atoms with Gasteiger partial charge in [0.2, 0.25) is 0 Å². The zero-order chi connectivity index (χ0) is 12.7. The summed E-state index contributed by atoms with van der Waals surface area (Å²) < 4.78 is 25.8. The van der Waals surface area contributed by atoms with Crippen molar-refractivity contribution in [2.45, 2.75) is 12.2 Å². The molecule has 0 spiro atoms. The molecule has 1 aromatic carbocycles. The molecule has 2 aromatic rings. The van der Waals surface area contributed by atoms with E-state index in [2.05, 4.69) is 20.9 Å². The Bertz CT molecular complexity index is 591. The third-order valence-electron chi connectivity index (χ3n) is 2.69. The number of fused-ring (bicyclic) bond motifs is 1. The molecular weight excluding hydrogens is 325 g/mol. The van der Waals surface area contributed by atoms with Crippen molar-refractivity contribution in [3.8, 4) is 5.75 Å². The minimum Gasteiger partial charge on any atom is -0.482 e. The van der Waals surface area contributed by atoms with Gasteiger partial charge in [0.25, 0.3) is 0 Å². The van der Waals surface area contributed by atoms with Crippen molar-refractivity contribution in [1.82, 2.24) is 4.98 Å². The fraction of sp³-hybridized carbons (Fsp3) is 0.364. The van der Waals surface area contributed by atoms with Crippen LogP contribution >= 0.6 is 27.3 Å². The topological polar surface area (TPSA) is 51.6 Å². The lowest BCUT2D eigenvalue weighted by atomic mass is 10.2. The molecule has 1 saturated heterocycles. The van der Waals surface area contributed by atoms with Crippen LogP contribution < -0.4 is 4.74 Å². The van der Waals surface area contributed by atoms with Crippen LogP contribution in [0.1, 0.15) is 0 Å². The van der Waals surface area contributed by atoms with Crippen molar-refractivity contribution >= 4 is 37.5 Å². The molecule has 0 saturated carbocycles. The molecule has 2 atom stereocenters. The van der Waals surface area contributed by atoms with Crippen molar-refractivity contribution in [2.24, 2.45) is 0 Å². The Labute approximate surface area is 114 Å². The van der Waals surface area contributed by atoms with E-state index in [1.807, 2.05) is 0 Å². The van der Waals surface area contributed by atoms with Gasteiger partial charge in [-0.05, 0) is 15.9 Å². The van der Waals surface area contributed by atoms with E-state index < -0.39 is 18.0 Å². The standard InChI is InChI=1S/C11H9BrFNO3S/c12-11-14-6-1-5(13)8(2-10(6)18-11)17-9-4-16-3-7(9)15/h1-2,7,9,15H,3-4H2/t7-,9+/m0/s1. The zero-order valence-corrected chi connectivity index (χ0v) is 11.5. The lowest BCUT2D eigenvalue weighted by Crippen LogP contribution is -2.30. The van der Waals surface area contributed by atoms with Gasteiger partial charge in [-0.3, -0.25) is 0 Å². The fourth-order valence-electron chi connectivity index (χ4n) is 1.79. The Morgan fingerprint density at radius 3 is 3.06 bits per heavy atom. The Morgan fingerprint density at radius 1 is 1.50 bits per heavy atom. The number of benzene rings is 1. The maximum atomic E-state index is 13.8. The highest BCUT2D eigenvalue weighted by Gasteiger charge is 2.29. The van der Waals surface area contributed by atoms with Gasteiger partial charge in [-0.1, -0.05) is 0 Å². The lowest BCUT2D eigenvalue weighted by Gasteiger charge is -2.15. The molecule has 2 heterocycles. The molecule has 0 radical (unpaired) electrons. The molecule has 0 unspecified atom stereocenters. The van der Waals surface area contributed by atoms with Crippen molar-refractivity contribution in [1.29, 1.82) is 0 Å². The van der Waals surface area contributed by atoms with Gasteiger partial charge in [-0.2, -0.15) is 0 Å². The Hall–Kier alpha value is -0.760. The first-order chi connectivity index (χ1) is 8.63. The van der Waals surface area contributed by atoms with Gasteiger partial charge in [0.15, 0.2) is 21.6 Å². The fourth-order valence-corrected chi connectivity index (χ4v) is 3.21. The quantitative estimate of drug-likeness (QED) is 0.916. The summed E-state index contributed by atoms with van der Waals surface area (Å²) in [5.74, 6) is -0.368. The number of aliphatic hydroxyl groups excluding tert-OH is 1. The van der Waals surface area contributed by atoms with Crippen molar-refractivity contribution in [3.05, 3.63) is 21.9 Å². The molecule has 0 aliphatic carbocycles. The van der Waals surface area contributed by atoms with Crippen LogP contribution in [0.2, 0.25) is 0 Å². The molecule has 4 nitrogen and oxygen atoms in total. The van der Waals surface area contributed by atoms with Crippen LogP contribution in [0.5, 0.6) is 5.75 Å². The van der Waals surface area contributed by atoms with Crippen LogP contribution in [-0.2, 0) is 4.74 Å². The normalized spacial score (nSPS) is 23.7. The molecule has 18 heavy (non-hydrogen) atoms. The molecule has 1 aliphatic heterocycles. The molecule has 3 rings (SSSR count). The minimum absolute atomic E-state index is 0.119. The van der Waals surface area contributed by atoms with E-state index in [9.17, 15) is 9.50 Å². The smallest absolute Gasteiger partial charge is 0.167 e. The SMILES string of the molecule is O[C@H]1COC[C@H]1Oc1cc2sc(Br)nc2cc1F. The minimum atomic E-state index is -0.715. The van der Waals surface area contributed by atoms with E-state index in [1.165, 1.54) is 17.4 Å². The molecule has 1 N–H and O–H groups in total. The summed E-state index contributed by atoms with van der Waals surface area (Å²) in [6.07, 6.45) is -1.23. The molecule has 1 fully saturated rings. The van der Waals surface area contributed by atoms with Gasteiger partial charge in [0.05, 0.1) is 23.4 Å². The Morgan fingerprint density at radius 2 is 2.33 bits per heavy atom. The number of hydrogen-bond acceptors (Lipinski definition) is 5. The first kappa shape index (κ1) is 12.3. The maximum absolute atomic E-state index is 13.8. The second-order valence-electron chi connectivity index (χ2n) is 3.98. The number of hydrogen-bond donors (Lipinski definition) is 1. The van der Waals surface area contributed by atoms with Gasteiger partial charge >= 0.3 is 0 Å². The lowest BCUT2D eigenvalue weighted by molar-refractivity contribution is 0.0709. The predicted octanol–water partition coefficient (Wildman–Crippen LogP) is 2.34. The number of aromatic nitrogens is 1. The molecule has 1 aromatic heterocycles. The average Bonchev–Trinajstić information content (AvgIpc) is 2.85. The van der Waals surface area contributed by atoms with E-state index in [0.29, 0.717) is 9.43 Å². The second kappa shape index (κ2) is 4.73. The number of nitrogens with zero attached hydrogens (tertiary/aromatic N) is 1. The van der Waals surface area contributed by atoms with Gasteiger partial charge in [-0.15, -0.1) is 11.3 Å². The highest BCUT2D eigenvalue weighted by Crippen LogP contribution is 2.32. The summed E-state index contributed by atoms with van der Waals surface area (Å²) >= 11 is 4.65. The number of thiazole rings is 1. The van der Waals surface area contributed by atoms with Crippen molar-refractivity contribution in [2.75, 3.05) is 13.2 Å². The number of rotatable bonds is 2. The monoisotopic (exact) mass is 333 g/mol. The van der Waals surface area contributed by atoms with Gasteiger partial charge in [-0.25, -0.2) is 9.37 Å². The largest absolute Gasteiger partial charge is 0.482 e. The summed E-state index contributed by atoms with van der Waals surface area (Å²) in [4.78, 5) is 4.13. The van der Waals surface area contributed by atoms with Crippen LogP contribution in [0.3, 0.4) is 0 Å².